The van der Waals surface area contributed by atoms with Gasteiger partial charge in [0.05, 0.1) is 11.6 Å². The topological polar surface area (TPSA) is 30.3 Å². The standard InChI is InChI=1S/C37H53N3/c1-11-35(30(7)39(10)37(9)20-17-26(3)23-29(37)6)27(4)24-28(5)36(12-2)31(8)40-21-18-34(19-22-40)33-15-13-32(25-38)14-16-33/h11,13-16,24,26,29,34,36H,1,7-8,12,17-23H2,2-6,9-10H3. The second-order valence-electron chi connectivity index (χ2n) is 12.8. The largest absolute Gasteiger partial charge is 0.375 e. The molecule has 0 spiro atoms. The number of hydrogen-bond donors (Lipinski definition) is 0. The Labute approximate surface area is 245 Å². The molecule has 2 fully saturated rings. The highest BCUT2D eigenvalue weighted by molar-refractivity contribution is 5.45. The summed E-state index contributed by atoms with van der Waals surface area (Å²) in [6.07, 6.45) is 11.3. The van der Waals surface area contributed by atoms with Crippen LogP contribution in [0.2, 0.25) is 0 Å². The lowest BCUT2D eigenvalue weighted by Crippen LogP contribution is -2.51. The summed E-state index contributed by atoms with van der Waals surface area (Å²) in [6.45, 7) is 29.3. The van der Waals surface area contributed by atoms with E-state index in [-0.39, 0.29) is 5.54 Å². The Hall–Kier alpha value is -2.99. The zero-order valence-electron chi connectivity index (χ0n) is 26.4. The van der Waals surface area contributed by atoms with Crippen LogP contribution in [0.3, 0.4) is 0 Å². The molecule has 0 bridgehead atoms. The smallest absolute Gasteiger partial charge is 0.0991 e. The van der Waals surface area contributed by atoms with Crippen molar-refractivity contribution < 1.29 is 0 Å². The zero-order chi connectivity index (χ0) is 29.6. The second kappa shape index (κ2) is 13.6. The number of piperidine rings is 1. The third-order valence-electron chi connectivity index (χ3n) is 10.3. The van der Waals surface area contributed by atoms with Gasteiger partial charge in [0.1, 0.15) is 0 Å². The minimum Gasteiger partial charge on any atom is -0.375 e. The molecule has 1 saturated heterocycles. The summed E-state index contributed by atoms with van der Waals surface area (Å²) in [5.74, 6) is 2.28. The number of rotatable bonds is 10. The number of hydrogen-bond acceptors (Lipinski definition) is 3. The van der Waals surface area contributed by atoms with Crippen LogP contribution in [0.25, 0.3) is 0 Å². The first-order valence-corrected chi connectivity index (χ1v) is 15.3. The van der Waals surface area contributed by atoms with Crippen LogP contribution in [-0.4, -0.2) is 35.5 Å². The first-order chi connectivity index (χ1) is 19.0. The van der Waals surface area contributed by atoms with E-state index in [0.717, 1.165) is 55.1 Å². The third-order valence-corrected chi connectivity index (χ3v) is 10.3. The molecule has 0 amide bonds. The molecule has 4 unspecified atom stereocenters. The van der Waals surface area contributed by atoms with E-state index in [4.69, 9.17) is 5.26 Å². The summed E-state index contributed by atoms with van der Waals surface area (Å²) in [4.78, 5) is 4.93. The molecule has 0 N–H and O–H groups in total. The van der Waals surface area contributed by atoms with E-state index >= 15 is 0 Å². The lowest BCUT2D eigenvalue weighted by atomic mass is 9.70. The lowest BCUT2D eigenvalue weighted by molar-refractivity contribution is 0.0531. The van der Waals surface area contributed by atoms with Gasteiger partial charge in [-0.2, -0.15) is 5.26 Å². The predicted octanol–water partition coefficient (Wildman–Crippen LogP) is 9.39. The van der Waals surface area contributed by atoms with Crippen LogP contribution < -0.4 is 0 Å². The number of likely N-dealkylation sites (N-methyl/N-ethyl adjacent to an activating group) is 1. The fourth-order valence-electron chi connectivity index (χ4n) is 7.14. The molecule has 2 aliphatic rings. The minimum atomic E-state index is 0.112. The lowest BCUT2D eigenvalue weighted by Gasteiger charge is -2.50. The van der Waals surface area contributed by atoms with Crippen molar-refractivity contribution in [3.8, 4) is 6.07 Å². The Kier molecular flexibility index (Phi) is 10.7. The molecule has 3 nitrogen and oxygen atoms in total. The van der Waals surface area contributed by atoms with Crippen LogP contribution in [0.5, 0.6) is 0 Å². The quantitative estimate of drug-likeness (QED) is 0.277. The first-order valence-electron chi connectivity index (χ1n) is 15.3. The molecule has 0 radical (unpaired) electrons. The zero-order valence-corrected chi connectivity index (χ0v) is 26.4. The van der Waals surface area contributed by atoms with Crippen molar-refractivity contribution in [2.75, 3.05) is 20.1 Å². The van der Waals surface area contributed by atoms with Crippen LogP contribution in [0.1, 0.15) is 97.1 Å². The van der Waals surface area contributed by atoms with Crippen molar-refractivity contribution in [1.29, 1.82) is 5.26 Å². The van der Waals surface area contributed by atoms with Gasteiger partial charge in [-0.15, -0.1) is 0 Å². The van der Waals surface area contributed by atoms with Gasteiger partial charge < -0.3 is 9.80 Å². The van der Waals surface area contributed by atoms with Crippen LogP contribution in [-0.2, 0) is 0 Å². The third kappa shape index (κ3) is 6.83. The molecule has 3 rings (SSSR count). The molecule has 0 aromatic heterocycles. The Morgan fingerprint density at radius 1 is 1.15 bits per heavy atom. The van der Waals surface area contributed by atoms with Gasteiger partial charge in [0.25, 0.3) is 0 Å². The van der Waals surface area contributed by atoms with Crippen molar-refractivity contribution in [3.05, 3.63) is 95.4 Å². The number of benzene rings is 1. The predicted molar refractivity (Wildman–Crippen MR) is 172 cm³/mol. The minimum absolute atomic E-state index is 0.112. The molecule has 1 aliphatic heterocycles. The molecule has 1 aromatic carbocycles. The summed E-state index contributed by atoms with van der Waals surface area (Å²) < 4.78 is 0. The molecule has 40 heavy (non-hydrogen) atoms. The van der Waals surface area contributed by atoms with Crippen LogP contribution >= 0.6 is 0 Å². The van der Waals surface area contributed by atoms with Crippen molar-refractivity contribution in [3.63, 3.8) is 0 Å². The van der Waals surface area contributed by atoms with Crippen LogP contribution in [0.15, 0.2) is 84.3 Å². The van der Waals surface area contributed by atoms with Gasteiger partial charge in [-0.3, -0.25) is 0 Å². The summed E-state index contributed by atoms with van der Waals surface area (Å²) in [6, 6.07) is 10.4. The molecular weight excluding hydrogens is 486 g/mol. The van der Waals surface area contributed by atoms with E-state index in [9.17, 15) is 0 Å². The van der Waals surface area contributed by atoms with Crippen molar-refractivity contribution in [2.24, 2.45) is 17.8 Å². The summed E-state index contributed by atoms with van der Waals surface area (Å²) >= 11 is 0. The highest BCUT2D eigenvalue weighted by Gasteiger charge is 2.40. The molecule has 1 saturated carbocycles. The molecule has 1 heterocycles. The maximum atomic E-state index is 9.10. The Bertz CT molecular complexity index is 1170. The summed E-state index contributed by atoms with van der Waals surface area (Å²) in [5.41, 5.74) is 8.19. The highest BCUT2D eigenvalue weighted by Crippen LogP contribution is 2.42. The SMILES string of the molecule is C=CC(C(=C)N(C)C1(C)CCC(C)CC1C)=C(C)C=C(C)C(CC)C(=C)N1CCC(c2ccc(C#N)cc2)CC1. The van der Waals surface area contributed by atoms with Crippen molar-refractivity contribution >= 4 is 0 Å². The van der Waals surface area contributed by atoms with Gasteiger partial charge in [-0.25, -0.2) is 0 Å². The van der Waals surface area contributed by atoms with Crippen LogP contribution in [0.4, 0.5) is 0 Å². The highest BCUT2D eigenvalue weighted by atomic mass is 15.2. The van der Waals surface area contributed by atoms with E-state index in [0.29, 0.717) is 17.8 Å². The first kappa shape index (κ1) is 31.5. The average molecular weight is 540 g/mol. The van der Waals surface area contributed by atoms with E-state index in [1.807, 2.05) is 18.2 Å². The average Bonchev–Trinajstić information content (AvgIpc) is 2.95. The van der Waals surface area contributed by atoms with E-state index in [1.165, 1.54) is 41.7 Å². The maximum Gasteiger partial charge on any atom is 0.0991 e. The normalized spacial score (nSPS) is 25.4. The molecular formula is C37H53N3. The Morgan fingerprint density at radius 3 is 2.30 bits per heavy atom. The van der Waals surface area contributed by atoms with Gasteiger partial charge >= 0.3 is 0 Å². The molecule has 3 heteroatoms. The van der Waals surface area contributed by atoms with E-state index < -0.39 is 0 Å². The number of likely N-dealkylation sites (tertiary alicyclic amines) is 1. The Balaban J connectivity index is 1.71. The van der Waals surface area contributed by atoms with Gasteiger partial charge in [0.2, 0.25) is 0 Å². The summed E-state index contributed by atoms with van der Waals surface area (Å²) in [7, 11) is 2.22. The van der Waals surface area contributed by atoms with Crippen molar-refractivity contribution in [1.82, 2.24) is 9.80 Å². The molecule has 1 aliphatic carbocycles. The number of nitrogens with zero attached hydrogens (tertiary/aromatic N) is 3. The fraction of sp³-hybridized carbons (Fsp3) is 0.541. The van der Waals surface area contributed by atoms with E-state index in [1.54, 1.807) is 0 Å². The second-order valence-corrected chi connectivity index (χ2v) is 12.8. The van der Waals surface area contributed by atoms with E-state index in [2.05, 4.69) is 102 Å². The van der Waals surface area contributed by atoms with Crippen molar-refractivity contribution in [2.45, 2.75) is 91.5 Å². The molecule has 216 valence electrons. The van der Waals surface area contributed by atoms with Crippen LogP contribution in [0, 0.1) is 29.1 Å². The Morgan fingerprint density at radius 2 is 1.77 bits per heavy atom. The monoisotopic (exact) mass is 539 g/mol. The summed E-state index contributed by atoms with van der Waals surface area (Å²) in [5, 5.41) is 9.10. The van der Waals surface area contributed by atoms with Gasteiger partial charge in [-0.1, -0.05) is 70.4 Å². The maximum absolute atomic E-state index is 9.10. The van der Waals surface area contributed by atoms with Gasteiger partial charge in [-0.05, 0) is 106 Å². The van der Waals surface area contributed by atoms with Gasteiger partial charge in [0, 0.05) is 43.0 Å². The van der Waals surface area contributed by atoms with Gasteiger partial charge in [0.15, 0.2) is 0 Å². The number of nitriles is 1. The number of allylic oxidation sites excluding steroid dienone is 4. The molecule has 1 aromatic rings. The molecule has 4 atom stereocenters. The fourth-order valence-corrected chi connectivity index (χ4v) is 7.14.